The van der Waals surface area contributed by atoms with Crippen molar-refractivity contribution in [1.29, 1.82) is 0 Å². The maximum absolute atomic E-state index is 12.9. The van der Waals surface area contributed by atoms with Crippen LogP contribution >= 0.6 is 23.2 Å². The van der Waals surface area contributed by atoms with Gasteiger partial charge in [-0.15, -0.1) is 0 Å². The Morgan fingerprint density at radius 3 is 1.97 bits per heavy atom. The Morgan fingerprint density at radius 1 is 0.871 bits per heavy atom. The Kier molecular flexibility index (Phi) is 7.56. The lowest BCUT2D eigenvalue weighted by Crippen LogP contribution is -2.26. The van der Waals surface area contributed by atoms with Gasteiger partial charge in [-0.1, -0.05) is 47.5 Å². The molecule has 0 spiro atoms. The molecule has 3 rings (SSSR count). The molecule has 3 aromatic carbocycles. The molecule has 162 valence electrons. The van der Waals surface area contributed by atoms with Crippen LogP contribution in [-0.4, -0.2) is 21.4 Å². The van der Waals surface area contributed by atoms with Crippen molar-refractivity contribution in [2.45, 2.75) is 18.0 Å². The maximum Gasteiger partial charge on any atom is 0.251 e. The second kappa shape index (κ2) is 10.2. The van der Waals surface area contributed by atoms with Crippen LogP contribution in [0.2, 0.25) is 10.0 Å². The molecule has 3 aromatic rings. The number of carbonyl (C=O) groups is 1. The van der Waals surface area contributed by atoms with Gasteiger partial charge in [0, 0.05) is 28.7 Å². The van der Waals surface area contributed by atoms with Crippen molar-refractivity contribution in [1.82, 2.24) is 10.0 Å². The van der Waals surface area contributed by atoms with Crippen LogP contribution in [0.3, 0.4) is 0 Å². The van der Waals surface area contributed by atoms with Crippen molar-refractivity contribution in [2.24, 2.45) is 0 Å². The van der Waals surface area contributed by atoms with E-state index in [1.165, 1.54) is 25.3 Å². The molecule has 0 saturated carbocycles. The summed E-state index contributed by atoms with van der Waals surface area (Å²) in [5, 5.41) is 3.93. The van der Waals surface area contributed by atoms with Crippen molar-refractivity contribution in [2.75, 3.05) is 7.11 Å². The van der Waals surface area contributed by atoms with E-state index in [4.69, 9.17) is 27.9 Å². The quantitative estimate of drug-likeness (QED) is 0.502. The highest BCUT2D eigenvalue weighted by Gasteiger charge is 2.21. The summed E-state index contributed by atoms with van der Waals surface area (Å²) in [6.45, 7) is 0.342. The molecule has 31 heavy (non-hydrogen) atoms. The van der Waals surface area contributed by atoms with Crippen LogP contribution in [0.4, 0.5) is 0 Å². The third-order valence-electron chi connectivity index (χ3n) is 4.46. The molecule has 0 radical (unpaired) electrons. The largest absolute Gasteiger partial charge is 0.495 e. The molecule has 0 saturated heterocycles. The Hall–Kier alpha value is -2.58. The first-order chi connectivity index (χ1) is 14.8. The molecule has 0 bridgehead atoms. The number of nitrogens with one attached hydrogen (secondary N) is 2. The molecule has 1 amide bonds. The summed E-state index contributed by atoms with van der Waals surface area (Å²) in [5.41, 5.74) is 1.80. The number of carbonyl (C=O) groups excluding carboxylic acids is 1. The van der Waals surface area contributed by atoms with Crippen molar-refractivity contribution in [3.8, 4) is 5.75 Å². The van der Waals surface area contributed by atoms with Crippen molar-refractivity contribution >= 4 is 39.1 Å². The lowest BCUT2D eigenvalue weighted by Gasteiger charge is -2.13. The van der Waals surface area contributed by atoms with Crippen LogP contribution in [0.5, 0.6) is 5.75 Å². The Balaban J connectivity index is 1.76. The highest BCUT2D eigenvalue weighted by molar-refractivity contribution is 7.89. The minimum Gasteiger partial charge on any atom is -0.495 e. The Labute approximate surface area is 191 Å². The van der Waals surface area contributed by atoms with Gasteiger partial charge in [0.2, 0.25) is 10.0 Å². The molecule has 0 aromatic heterocycles. The van der Waals surface area contributed by atoms with Gasteiger partial charge in [0.05, 0.1) is 7.11 Å². The van der Waals surface area contributed by atoms with E-state index in [1.807, 2.05) is 0 Å². The second-order valence-corrected chi connectivity index (χ2v) is 9.23. The van der Waals surface area contributed by atoms with Crippen molar-refractivity contribution in [3.63, 3.8) is 0 Å². The lowest BCUT2D eigenvalue weighted by molar-refractivity contribution is 0.0950. The van der Waals surface area contributed by atoms with E-state index in [0.29, 0.717) is 10.0 Å². The zero-order valence-corrected chi connectivity index (χ0v) is 18.9. The van der Waals surface area contributed by atoms with Gasteiger partial charge < -0.3 is 10.1 Å². The van der Waals surface area contributed by atoms with Crippen LogP contribution < -0.4 is 14.8 Å². The van der Waals surface area contributed by atoms with Gasteiger partial charge in [-0.05, 0) is 53.6 Å². The minimum absolute atomic E-state index is 0.0651. The Morgan fingerprint density at radius 2 is 1.42 bits per heavy atom. The molecule has 0 heterocycles. The first-order valence-corrected chi connectivity index (χ1v) is 11.5. The van der Waals surface area contributed by atoms with E-state index in [9.17, 15) is 13.2 Å². The number of rotatable bonds is 8. The molecule has 2 N–H and O–H groups in total. The zero-order chi connectivity index (χ0) is 22.4. The van der Waals surface area contributed by atoms with E-state index < -0.39 is 15.9 Å². The third-order valence-corrected chi connectivity index (χ3v) is 6.39. The van der Waals surface area contributed by atoms with Gasteiger partial charge in [-0.3, -0.25) is 4.79 Å². The molecule has 0 aliphatic carbocycles. The van der Waals surface area contributed by atoms with Crippen molar-refractivity contribution in [3.05, 3.63) is 93.5 Å². The van der Waals surface area contributed by atoms with Crippen LogP contribution in [0.15, 0.2) is 71.6 Å². The van der Waals surface area contributed by atoms with Crippen molar-refractivity contribution < 1.29 is 17.9 Å². The monoisotopic (exact) mass is 478 g/mol. The van der Waals surface area contributed by atoms with Gasteiger partial charge in [-0.2, -0.15) is 0 Å². The predicted octanol–water partition coefficient (Wildman–Crippen LogP) is 4.41. The molecule has 9 heteroatoms. The number of ether oxygens (including phenoxy) is 1. The van der Waals surface area contributed by atoms with Crippen LogP contribution in [0, 0.1) is 0 Å². The van der Waals surface area contributed by atoms with E-state index >= 15 is 0 Å². The minimum atomic E-state index is -3.94. The molecular weight excluding hydrogens is 459 g/mol. The first kappa shape index (κ1) is 23.1. The van der Waals surface area contributed by atoms with Gasteiger partial charge in [0.1, 0.15) is 10.6 Å². The van der Waals surface area contributed by atoms with E-state index in [0.717, 1.165) is 11.1 Å². The number of hydrogen-bond donors (Lipinski definition) is 2. The van der Waals surface area contributed by atoms with Crippen LogP contribution in [0.25, 0.3) is 0 Å². The molecular formula is C22H20Cl2N2O4S. The average Bonchev–Trinajstić information content (AvgIpc) is 2.77. The third kappa shape index (κ3) is 6.21. The fraction of sp³-hybridized carbons (Fsp3) is 0.136. The van der Waals surface area contributed by atoms with Gasteiger partial charge in [0.25, 0.3) is 5.91 Å². The first-order valence-electron chi connectivity index (χ1n) is 9.23. The topological polar surface area (TPSA) is 84.5 Å². The number of hydrogen-bond acceptors (Lipinski definition) is 4. The van der Waals surface area contributed by atoms with E-state index in [2.05, 4.69) is 10.0 Å². The fourth-order valence-corrected chi connectivity index (χ4v) is 4.24. The maximum atomic E-state index is 12.9. The summed E-state index contributed by atoms with van der Waals surface area (Å²) in [7, 11) is -2.57. The van der Waals surface area contributed by atoms with Crippen LogP contribution in [0.1, 0.15) is 21.5 Å². The molecule has 0 fully saturated rings. The lowest BCUT2D eigenvalue weighted by atomic mass is 10.2. The summed E-state index contributed by atoms with van der Waals surface area (Å²) in [6, 6.07) is 18.1. The highest BCUT2D eigenvalue weighted by atomic mass is 35.5. The summed E-state index contributed by atoms with van der Waals surface area (Å²) >= 11 is 11.7. The standard InChI is InChI=1S/C22H20Cl2N2O4S/c1-30-20-11-6-17(22(27)25-13-15-2-7-18(23)8-3-15)12-21(20)31(28,29)26-14-16-4-9-19(24)10-5-16/h2-12,26H,13-14H2,1H3,(H,25,27). The highest BCUT2D eigenvalue weighted by Crippen LogP contribution is 2.25. The Bertz CT molecular complexity index is 1170. The summed E-state index contributed by atoms with van der Waals surface area (Å²) in [4.78, 5) is 12.4. The fourth-order valence-electron chi connectivity index (χ4n) is 2.77. The molecule has 0 aliphatic heterocycles. The summed E-state index contributed by atoms with van der Waals surface area (Å²) in [5.74, 6) is -0.274. The van der Waals surface area contributed by atoms with Gasteiger partial charge in [0.15, 0.2) is 0 Å². The second-order valence-electron chi connectivity index (χ2n) is 6.63. The molecule has 0 atom stereocenters. The van der Waals surface area contributed by atoms with Gasteiger partial charge in [-0.25, -0.2) is 13.1 Å². The number of halogens is 2. The van der Waals surface area contributed by atoms with E-state index in [-0.39, 0.29) is 29.3 Å². The molecule has 0 aliphatic rings. The van der Waals surface area contributed by atoms with Gasteiger partial charge >= 0.3 is 0 Å². The summed E-state index contributed by atoms with van der Waals surface area (Å²) in [6.07, 6.45) is 0. The number of methoxy groups -OCH3 is 1. The average molecular weight is 479 g/mol. The molecule has 0 unspecified atom stereocenters. The zero-order valence-electron chi connectivity index (χ0n) is 16.6. The summed E-state index contributed by atoms with van der Waals surface area (Å²) < 4.78 is 33.5. The van der Waals surface area contributed by atoms with E-state index in [1.54, 1.807) is 48.5 Å². The van der Waals surface area contributed by atoms with Crippen LogP contribution in [-0.2, 0) is 23.1 Å². The number of sulfonamides is 1. The molecule has 6 nitrogen and oxygen atoms in total. The normalized spacial score (nSPS) is 11.2. The number of amides is 1. The number of benzene rings is 3. The SMILES string of the molecule is COc1ccc(C(=O)NCc2ccc(Cl)cc2)cc1S(=O)(=O)NCc1ccc(Cl)cc1. The smallest absolute Gasteiger partial charge is 0.251 e. The predicted molar refractivity (Wildman–Crippen MR) is 121 cm³/mol.